The molecule has 7 nitrogen and oxygen atoms in total. The molecule has 0 saturated carbocycles. The Morgan fingerprint density at radius 1 is 1.37 bits per heavy atom. The van der Waals surface area contributed by atoms with Gasteiger partial charge < -0.3 is 10.4 Å². The molecule has 0 radical (unpaired) electrons. The first kappa shape index (κ1) is 22.5. The highest BCUT2D eigenvalue weighted by Gasteiger charge is 2.33. The van der Waals surface area contributed by atoms with Gasteiger partial charge in [-0.3, -0.25) is 18.9 Å². The smallest absolute Gasteiger partial charge is 0.267 e. The van der Waals surface area contributed by atoms with Gasteiger partial charge >= 0.3 is 0 Å². The summed E-state index contributed by atoms with van der Waals surface area (Å²) in [6.45, 7) is 8.29. The maximum atomic E-state index is 13.3. The Morgan fingerprint density at radius 3 is 2.73 bits per heavy atom. The van der Waals surface area contributed by atoms with E-state index in [2.05, 4.69) is 10.3 Å². The van der Waals surface area contributed by atoms with E-state index in [9.17, 15) is 14.7 Å². The van der Waals surface area contributed by atoms with Crippen LogP contribution in [0.1, 0.15) is 38.3 Å². The van der Waals surface area contributed by atoms with Crippen molar-refractivity contribution in [3.63, 3.8) is 0 Å². The summed E-state index contributed by atoms with van der Waals surface area (Å²) in [4.78, 5) is 32.8. The van der Waals surface area contributed by atoms with Crippen molar-refractivity contribution in [1.29, 1.82) is 0 Å². The second kappa shape index (κ2) is 9.28. The first-order chi connectivity index (χ1) is 14.3. The number of hydrogen-bond donors (Lipinski definition) is 2. The van der Waals surface area contributed by atoms with Gasteiger partial charge in [-0.1, -0.05) is 50.8 Å². The van der Waals surface area contributed by atoms with Crippen molar-refractivity contribution >= 4 is 51.7 Å². The van der Waals surface area contributed by atoms with Gasteiger partial charge in [0.1, 0.15) is 15.8 Å². The van der Waals surface area contributed by atoms with E-state index in [4.69, 9.17) is 12.2 Å². The zero-order valence-corrected chi connectivity index (χ0v) is 19.1. The van der Waals surface area contributed by atoms with Crippen LogP contribution in [-0.4, -0.2) is 48.8 Å². The number of aliphatic hydroxyl groups is 1. The first-order valence-corrected chi connectivity index (χ1v) is 11.1. The van der Waals surface area contributed by atoms with Crippen LogP contribution < -0.4 is 10.9 Å². The van der Waals surface area contributed by atoms with Crippen LogP contribution in [-0.2, 0) is 4.79 Å². The fraction of sp³-hybridized carbons (Fsp3) is 0.429. The zero-order chi connectivity index (χ0) is 22.0. The van der Waals surface area contributed by atoms with E-state index < -0.39 is 0 Å². The van der Waals surface area contributed by atoms with Crippen molar-refractivity contribution in [3.8, 4) is 0 Å². The third-order valence-electron chi connectivity index (χ3n) is 4.84. The summed E-state index contributed by atoms with van der Waals surface area (Å²) in [7, 11) is 0. The third kappa shape index (κ3) is 4.43. The molecule has 0 aliphatic carbocycles. The molecule has 1 aliphatic rings. The molecule has 1 amide bonds. The highest BCUT2D eigenvalue weighted by molar-refractivity contribution is 8.26. The number of thiocarbonyl (C=S) groups is 1. The highest BCUT2D eigenvalue weighted by atomic mass is 32.2. The van der Waals surface area contributed by atoms with Crippen LogP contribution in [0.15, 0.2) is 28.0 Å². The van der Waals surface area contributed by atoms with Crippen LogP contribution in [0.2, 0.25) is 0 Å². The number of aromatic nitrogens is 2. The van der Waals surface area contributed by atoms with Gasteiger partial charge in [0, 0.05) is 12.7 Å². The number of anilines is 1. The van der Waals surface area contributed by atoms with Gasteiger partial charge in [-0.15, -0.1) is 0 Å². The lowest BCUT2D eigenvalue weighted by Crippen LogP contribution is -2.31. The summed E-state index contributed by atoms with van der Waals surface area (Å²) in [5.41, 5.74) is 1.37. The van der Waals surface area contributed by atoms with Gasteiger partial charge in [0.25, 0.3) is 11.5 Å². The van der Waals surface area contributed by atoms with E-state index in [0.29, 0.717) is 33.7 Å². The molecule has 0 bridgehead atoms. The number of aliphatic hydroxyl groups excluding tert-OH is 1. The Morgan fingerprint density at radius 2 is 2.10 bits per heavy atom. The number of rotatable bonds is 7. The number of thioether (sulfide) groups is 1. The Hall–Kier alpha value is -2.23. The second-order valence-electron chi connectivity index (χ2n) is 7.68. The third-order valence-corrected chi connectivity index (χ3v) is 6.21. The SMILES string of the molecule is CCC(CO)Nc1nc2c(C)cccn2c(=O)c1C=C1SC(=S)N(CC(C)C)C1=O. The molecule has 2 aromatic rings. The van der Waals surface area contributed by atoms with Crippen molar-refractivity contribution in [2.24, 2.45) is 5.92 Å². The van der Waals surface area contributed by atoms with Crippen molar-refractivity contribution in [3.05, 3.63) is 44.7 Å². The van der Waals surface area contributed by atoms with Crippen LogP contribution >= 0.6 is 24.0 Å². The molecule has 2 N–H and O–H groups in total. The molecule has 1 atom stereocenters. The average molecular weight is 447 g/mol. The number of aryl methyl sites for hydroxylation is 1. The summed E-state index contributed by atoms with van der Waals surface area (Å²) < 4.78 is 1.96. The van der Waals surface area contributed by atoms with E-state index in [1.54, 1.807) is 23.2 Å². The maximum Gasteiger partial charge on any atom is 0.267 e. The minimum absolute atomic E-state index is 0.0960. The van der Waals surface area contributed by atoms with Crippen molar-refractivity contribution in [1.82, 2.24) is 14.3 Å². The Balaban J connectivity index is 2.15. The van der Waals surface area contributed by atoms with Crippen LogP contribution in [0.4, 0.5) is 5.82 Å². The van der Waals surface area contributed by atoms with Crippen LogP contribution in [0.25, 0.3) is 11.7 Å². The molecule has 3 rings (SSSR count). The number of hydrogen-bond acceptors (Lipinski definition) is 7. The van der Waals surface area contributed by atoms with Gasteiger partial charge in [-0.25, -0.2) is 4.98 Å². The molecule has 1 fully saturated rings. The highest BCUT2D eigenvalue weighted by Crippen LogP contribution is 2.33. The summed E-state index contributed by atoms with van der Waals surface area (Å²) in [6.07, 6.45) is 3.88. The Kier molecular flexibility index (Phi) is 6.95. The molecule has 1 aliphatic heterocycles. The number of fused-ring (bicyclic) bond motifs is 1. The Labute approximate surface area is 185 Å². The fourth-order valence-electron chi connectivity index (χ4n) is 3.18. The van der Waals surface area contributed by atoms with Gasteiger partial charge in [0.15, 0.2) is 0 Å². The lowest BCUT2D eigenvalue weighted by Gasteiger charge is -2.18. The maximum absolute atomic E-state index is 13.3. The van der Waals surface area contributed by atoms with Crippen molar-refractivity contribution in [2.45, 2.75) is 40.2 Å². The van der Waals surface area contributed by atoms with Crippen LogP contribution in [0, 0.1) is 12.8 Å². The molecule has 1 unspecified atom stereocenters. The van der Waals surface area contributed by atoms with Gasteiger partial charge in [0.2, 0.25) is 0 Å². The molecule has 30 heavy (non-hydrogen) atoms. The van der Waals surface area contributed by atoms with Crippen molar-refractivity contribution in [2.75, 3.05) is 18.5 Å². The topological polar surface area (TPSA) is 86.9 Å². The Bertz CT molecular complexity index is 1070. The average Bonchev–Trinajstić information content (AvgIpc) is 2.96. The number of nitrogens with zero attached hydrogens (tertiary/aromatic N) is 3. The number of pyridine rings is 1. The molecule has 2 aromatic heterocycles. The van der Waals surface area contributed by atoms with Gasteiger partial charge in [-0.05, 0) is 37.0 Å². The number of carbonyl (C=O) groups excluding carboxylic acids is 1. The van der Waals surface area contributed by atoms with E-state index in [1.165, 1.54) is 16.2 Å². The molecule has 0 aromatic carbocycles. The molecule has 9 heteroatoms. The monoisotopic (exact) mass is 446 g/mol. The molecule has 1 saturated heterocycles. The lowest BCUT2D eigenvalue weighted by atomic mass is 10.2. The quantitative estimate of drug-likeness (QED) is 0.499. The zero-order valence-electron chi connectivity index (χ0n) is 17.5. The largest absolute Gasteiger partial charge is 0.394 e. The number of amides is 1. The molecule has 0 spiro atoms. The van der Waals surface area contributed by atoms with E-state index in [-0.39, 0.29) is 35.6 Å². The molecule has 160 valence electrons. The van der Waals surface area contributed by atoms with Crippen molar-refractivity contribution < 1.29 is 9.90 Å². The fourth-order valence-corrected chi connectivity index (χ4v) is 4.43. The minimum atomic E-state index is -0.284. The minimum Gasteiger partial charge on any atom is -0.394 e. The van der Waals surface area contributed by atoms with Crippen LogP contribution in [0.3, 0.4) is 0 Å². The number of nitrogens with one attached hydrogen (secondary N) is 1. The predicted octanol–water partition coefficient (Wildman–Crippen LogP) is 3.04. The van der Waals surface area contributed by atoms with Crippen LogP contribution in [0.5, 0.6) is 0 Å². The number of carbonyl (C=O) groups is 1. The summed E-state index contributed by atoms with van der Waals surface area (Å²) in [6, 6.07) is 3.41. The van der Waals surface area contributed by atoms with E-state index >= 15 is 0 Å². The van der Waals surface area contributed by atoms with E-state index in [1.807, 2.05) is 33.8 Å². The standard InChI is InChI=1S/C21H26N4O3S2/c1-5-14(11-26)22-17-15(19(27)24-8-6-7-13(4)18(24)23-17)9-16-20(28)25(10-12(2)3)21(29)30-16/h6-9,12,14,22,26H,5,10-11H2,1-4H3. The van der Waals surface area contributed by atoms with Gasteiger partial charge in [-0.2, -0.15) is 0 Å². The first-order valence-electron chi connectivity index (χ1n) is 9.91. The molecule has 3 heterocycles. The van der Waals surface area contributed by atoms with Gasteiger partial charge in [0.05, 0.1) is 23.1 Å². The molecular weight excluding hydrogens is 420 g/mol. The lowest BCUT2D eigenvalue weighted by molar-refractivity contribution is -0.122. The summed E-state index contributed by atoms with van der Waals surface area (Å²) in [5.74, 6) is 0.423. The summed E-state index contributed by atoms with van der Waals surface area (Å²) >= 11 is 6.57. The molecular formula is C21H26N4O3S2. The normalized spacial score (nSPS) is 16.9. The predicted molar refractivity (Wildman–Crippen MR) is 126 cm³/mol. The van der Waals surface area contributed by atoms with E-state index in [0.717, 1.165) is 5.56 Å². The second-order valence-corrected chi connectivity index (χ2v) is 9.36. The summed E-state index contributed by atoms with van der Waals surface area (Å²) in [5, 5.41) is 12.8.